The molecule has 1 aliphatic carbocycles. The van der Waals surface area contributed by atoms with Gasteiger partial charge in [-0.1, -0.05) is 11.6 Å². The molecule has 1 aromatic rings. The molecule has 0 unspecified atom stereocenters. The molecule has 2 rings (SSSR count). The van der Waals surface area contributed by atoms with Gasteiger partial charge in [0.1, 0.15) is 0 Å². The minimum atomic E-state index is -0.744. The minimum Gasteiger partial charge on any atom is -0.481 e. The number of nitrogens with zero attached hydrogens (tertiary/aromatic N) is 1. The van der Waals surface area contributed by atoms with Gasteiger partial charge >= 0.3 is 5.97 Å². The molecule has 0 aliphatic heterocycles. The molecule has 1 aromatic heterocycles. The van der Waals surface area contributed by atoms with Gasteiger partial charge in [0.05, 0.1) is 5.92 Å². The average molecular weight is 198 g/mol. The molecule has 0 spiro atoms. The smallest absolute Gasteiger partial charge is 0.307 e. The number of halogens is 1. The third-order valence-corrected chi connectivity index (χ3v) is 2.47. The van der Waals surface area contributed by atoms with E-state index in [-0.39, 0.29) is 11.8 Å². The molecule has 3 nitrogen and oxygen atoms in total. The van der Waals surface area contributed by atoms with E-state index in [1.54, 1.807) is 18.3 Å². The Morgan fingerprint density at radius 1 is 1.69 bits per heavy atom. The summed E-state index contributed by atoms with van der Waals surface area (Å²) in [5.74, 6) is -0.936. The summed E-state index contributed by atoms with van der Waals surface area (Å²) in [5, 5.41) is 9.31. The maximum atomic E-state index is 10.6. The number of hydrogen-bond donors (Lipinski definition) is 1. The first-order valence-corrected chi connectivity index (χ1v) is 4.40. The number of hydrogen-bond acceptors (Lipinski definition) is 2. The Kier molecular flexibility index (Phi) is 1.96. The fraction of sp³-hybridized carbons (Fsp3) is 0.333. The van der Waals surface area contributed by atoms with Crippen molar-refractivity contribution in [2.45, 2.75) is 12.3 Å². The maximum Gasteiger partial charge on any atom is 0.307 e. The Bertz CT molecular complexity index is 353. The van der Waals surface area contributed by atoms with Crippen LogP contribution in [0.1, 0.15) is 18.0 Å². The number of carbonyl (C=O) groups is 1. The van der Waals surface area contributed by atoms with E-state index < -0.39 is 5.97 Å². The van der Waals surface area contributed by atoms with Crippen LogP contribution in [-0.2, 0) is 4.79 Å². The first kappa shape index (κ1) is 8.51. The van der Waals surface area contributed by atoms with Crippen molar-refractivity contribution >= 4 is 17.6 Å². The Labute approximate surface area is 80.4 Å². The molecule has 2 atom stereocenters. The van der Waals surface area contributed by atoms with E-state index in [1.165, 1.54) is 0 Å². The largest absolute Gasteiger partial charge is 0.481 e. The van der Waals surface area contributed by atoms with Crippen molar-refractivity contribution in [3.8, 4) is 0 Å². The summed E-state index contributed by atoms with van der Waals surface area (Å²) in [5.41, 5.74) is 0.792. The molecule has 1 fully saturated rings. The quantitative estimate of drug-likeness (QED) is 0.788. The molecule has 1 N–H and O–H groups in total. The van der Waals surface area contributed by atoms with Gasteiger partial charge in [0.2, 0.25) is 0 Å². The topological polar surface area (TPSA) is 50.2 Å². The number of aliphatic carboxylic acids is 1. The van der Waals surface area contributed by atoms with Gasteiger partial charge in [-0.2, -0.15) is 0 Å². The molecule has 0 aromatic carbocycles. The molecule has 1 aliphatic rings. The summed E-state index contributed by atoms with van der Waals surface area (Å²) < 4.78 is 0. The molecule has 0 amide bonds. The van der Waals surface area contributed by atoms with Crippen LogP contribution in [0.5, 0.6) is 0 Å². The van der Waals surface area contributed by atoms with E-state index in [1.807, 2.05) is 0 Å². The molecule has 4 heteroatoms. The Balaban J connectivity index is 2.16. The highest BCUT2D eigenvalue weighted by atomic mass is 35.5. The third-order valence-electron chi connectivity index (χ3n) is 2.23. The van der Waals surface area contributed by atoms with Gasteiger partial charge in [0, 0.05) is 22.8 Å². The van der Waals surface area contributed by atoms with E-state index in [9.17, 15) is 4.79 Å². The summed E-state index contributed by atoms with van der Waals surface area (Å²) in [6.07, 6.45) is 2.29. The second kappa shape index (κ2) is 3.00. The maximum absolute atomic E-state index is 10.6. The summed E-state index contributed by atoms with van der Waals surface area (Å²) in [6.45, 7) is 0. The molecule has 68 valence electrons. The lowest BCUT2D eigenvalue weighted by Crippen LogP contribution is -1.99. The van der Waals surface area contributed by atoms with Crippen LogP contribution in [0, 0.1) is 5.92 Å². The van der Waals surface area contributed by atoms with Gasteiger partial charge in [-0.3, -0.25) is 9.78 Å². The van der Waals surface area contributed by atoms with Crippen LogP contribution in [0.4, 0.5) is 0 Å². The van der Waals surface area contributed by atoms with Crippen LogP contribution in [0.15, 0.2) is 18.3 Å². The summed E-state index contributed by atoms with van der Waals surface area (Å²) in [4.78, 5) is 14.7. The highest BCUT2D eigenvalue weighted by Crippen LogP contribution is 2.46. The molecule has 0 saturated heterocycles. The van der Waals surface area contributed by atoms with E-state index in [0.717, 1.165) is 5.69 Å². The fourth-order valence-electron chi connectivity index (χ4n) is 1.42. The number of carboxylic acids is 1. The van der Waals surface area contributed by atoms with Gasteiger partial charge in [-0.05, 0) is 18.6 Å². The zero-order valence-electron chi connectivity index (χ0n) is 6.77. The Hall–Kier alpha value is -1.09. The van der Waals surface area contributed by atoms with Crippen molar-refractivity contribution < 1.29 is 9.90 Å². The van der Waals surface area contributed by atoms with Crippen LogP contribution in [0.2, 0.25) is 5.02 Å². The van der Waals surface area contributed by atoms with Crippen molar-refractivity contribution in [3.63, 3.8) is 0 Å². The third kappa shape index (κ3) is 1.65. The predicted octanol–water partition coefficient (Wildman–Crippen LogP) is 1.92. The van der Waals surface area contributed by atoms with Gasteiger partial charge in [-0.15, -0.1) is 0 Å². The van der Waals surface area contributed by atoms with E-state index >= 15 is 0 Å². The van der Waals surface area contributed by atoms with Crippen molar-refractivity contribution in [2.75, 3.05) is 0 Å². The van der Waals surface area contributed by atoms with E-state index in [2.05, 4.69) is 4.98 Å². The first-order valence-electron chi connectivity index (χ1n) is 4.03. The van der Waals surface area contributed by atoms with Crippen LogP contribution in [0.3, 0.4) is 0 Å². The zero-order chi connectivity index (χ0) is 9.42. The predicted molar refractivity (Wildman–Crippen MR) is 47.7 cm³/mol. The van der Waals surface area contributed by atoms with Gasteiger partial charge in [0.25, 0.3) is 0 Å². The van der Waals surface area contributed by atoms with Gasteiger partial charge < -0.3 is 5.11 Å². The van der Waals surface area contributed by atoms with Crippen molar-refractivity contribution in [1.29, 1.82) is 0 Å². The lowest BCUT2D eigenvalue weighted by atomic mass is 10.2. The first-order chi connectivity index (χ1) is 6.18. The molecule has 0 radical (unpaired) electrons. The molecule has 13 heavy (non-hydrogen) atoms. The lowest BCUT2D eigenvalue weighted by molar-refractivity contribution is -0.138. The van der Waals surface area contributed by atoms with Crippen molar-refractivity contribution in [1.82, 2.24) is 4.98 Å². The molecule has 0 bridgehead atoms. The minimum absolute atomic E-state index is 0.0659. The van der Waals surface area contributed by atoms with Crippen LogP contribution in [0.25, 0.3) is 0 Å². The monoisotopic (exact) mass is 197 g/mol. The number of aromatic nitrogens is 1. The fourth-order valence-corrected chi connectivity index (χ4v) is 1.59. The summed E-state index contributed by atoms with van der Waals surface area (Å²) in [6, 6.07) is 3.42. The molecule has 1 heterocycles. The van der Waals surface area contributed by atoms with Crippen LogP contribution in [-0.4, -0.2) is 16.1 Å². The highest BCUT2D eigenvalue weighted by molar-refractivity contribution is 6.30. The van der Waals surface area contributed by atoms with E-state index in [0.29, 0.717) is 11.4 Å². The molecular formula is C9H8ClNO2. The number of carboxylic acid groups (broad SMARTS) is 1. The molecule has 1 saturated carbocycles. The highest BCUT2D eigenvalue weighted by Gasteiger charge is 2.45. The van der Waals surface area contributed by atoms with Gasteiger partial charge in [0.15, 0.2) is 0 Å². The zero-order valence-corrected chi connectivity index (χ0v) is 7.53. The van der Waals surface area contributed by atoms with Crippen LogP contribution >= 0.6 is 11.6 Å². The lowest BCUT2D eigenvalue weighted by Gasteiger charge is -1.96. The number of rotatable bonds is 2. The SMILES string of the molecule is O=C(O)[C@H]1C[C@@H]1c1cc(Cl)ccn1. The van der Waals surface area contributed by atoms with Gasteiger partial charge in [-0.25, -0.2) is 0 Å². The van der Waals surface area contributed by atoms with Crippen molar-refractivity contribution in [3.05, 3.63) is 29.0 Å². The van der Waals surface area contributed by atoms with Crippen molar-refractivity contribution in [2.24, 2.45) is 5.92 Å². The Morgan fingerprint density at radius 3 is 3.00 bits per heavy atom. The second-order valence-corrected chi connectivity index (χ2v) is 3.62. The normalized spacial score (nSPS) is 25.6. The summed E-state index contributed by atoms with van der Waals surface area (Å²) >= 11 is 5.76. The second-order valence-electron chi connectivity index (χ2n) is 3.19. The van der Waals surface area contributed by atoms with E-state index in [4.69, 9.17) is 16.7 Å². The van der Waals surface area contributed by atoms with Crippen LogP contribution < -0.4 is 0 Å². The Morgan fingerprint density at radius 2 is 2.46 bits per heavy atom. The number of pyridine rings is 1. The average Bonchev–Trinajstić information content (AvgIpc) is 2.82. The standard InChI is InChI=1S/C9H8ClNO2/c10-5-1-2-11-8(3-5)6-4-7(6)9(12)13/h1-3,6-7H,4H2,(H,12,13)/t6-,7-/m0/s1. The molecular weight excluding hydrogens is 190 g/mol. The summed E-state index contributed by atoms with van der Waals surface area (Å²) in [7, 11) is 0.